The number of rotatable bonds is 7. The molecule has 2 amide bonds. The minimum Gasteiger partial charge on any atom is -0.396 e. The van der Waals surface area contributed by atoms with E-state index in [2.05, 4.69) is 5.43 Å². The number of hydrogen-bond donors (Lipinski definition) is 2. The number of aliphatic hydroxyl groups is 1. The van der Waals surface area contributed by atoms with Crippen molar-refractivity contribution >= 4 is 63.6 Å². The zero-order valence-electron chi connectivity index (χ0n) is 18.4. The largest absolute Gasteiger partial charge is 0.396 e. The van der Waals surface area contributed by atoms with Crippen molar-refractivity contribution in [1.82, 2.24) is 10.4 Å². The summed E-state index contributed by atoms with van der Waals surface area (Å²) < 4.78 is 0.249. The number of amides is 2. The molecule has 180 valence electrons. The number of thiocarbonyl (C=S) groups is 1. The summed E-state index contributed by atoms with van der Waals surface area (Å²) in [6.07, 6.45) is 7.89. The molecule has 0 spiro atoms. The smallest absolute Gasteiger partial charge is 0.285 e. The van der Waals surface area contributed by atoms with Crippen LogP contribution in [-0.4, -0.2) is 43.5 Å². The molecular weight excluding hydrogens is 494 g/mol. The molecule has 6 rings (SSSR count). The molecule has 8 nitrogen and oxygen atoms in total. The van der Waals surface area contributed by atoms with Crippen molar-refractivity contribution in [3.05, 3.63) is 38.8 Å². The summed E-state index contributed by atoms with van der Waals surface area (Å²) >= 11 is 7.66. The Labute approximate surface area is 211 Å². The molecule has 0 radical (unpaired) electrons. The van der Waals surface area contributed by atoms with E-state index in [1.807, 2.05) is 0 Å². The van der Waals surface area contributed by atoms with Crippen molar-refractivity contribution in [2.24, 2.45) is 23.2 Å². The minimum atomic E-state index is -0.478. The lowest BCUT2D eigenvalue weighted by Crippen LogP contribution is -2.57. The van der Waals surface area contributed by atoms with Gasteiger partial charge in [-0.1, -0.05) is 17.8 Å². The molecule has 4 saturated carbocycles. The predicted molar refractivity (Wildman–Crippen MR) is 135 cm³/mol. The summed E-state index contributed by atoms with van der Waals surface area (Å²) in [5.74, 6) is 1.65. The molecule has 34 heavy (non-hydrogen) atoms. The van der Waals surface area contributed by atoms with Crippen molar-refractivity contribution in [2.75, 3.05) is 12.4 Å². The van der Waals surface area contributed by atoms with Crippen LogP contribution in [-0.2, 0) is 9.59 Å². The van der Waals surface area contributed by atoms with Gasteiger partial charge in [0.2, 0.25) is 5.91 Å². The highest BCUT2D eigenvalue weighted by atomic mass is 32.2. The third-order valence-electron chi connectivity index (χ3n) is 7.35. The van der Waals surface area contributed by atoms with E-state index in [0.717, 1.165) is 36.0 Å². The number of hydrogen-bond acceptors (Lipinski definition) is 8. The maximum atomic E-state index is 13.4. The van der Waals surface area contributed by atoms with Crippen LogP contribution < -0.4 is 5.43 Å². The highest BCUT2D eigenvalue weighted by molar-refractivity contribution is 8.26. The summed E-state index contributed by atoms with van der Waals surface area (Å²) in [4.78, 5) is 38.2. The van der Waals surface area contributed by atoms with Gasteiger partial charge in [0.05, 0.1) is 26.7 Å². The minimum absolute atomic E-state index is 0.0823. The SMILES string of the molecule is O=C1/C(=C/c2ccc(SCCO)c([N+](=O)[O-])c2)SC(=S)N1NC(=O)C12CC3CC(CC(C3)C1)C2. The topological polar surface area (TPSA) is 113 Å². The lowest BCUT2D eigenvalue weighted by Gasteiger charge is -2.55. The van der Waals surface area contributed by atoms with Crippen LogP contribution in [0.3, 0.4) is 0 Å². The van der Waals surface area contributed by atoms with E-state index in [-0.39, 0.29) is 22.5 Å². The fourth-order valence-electron chi connectivity index (χ4n) is 6.37. The van der Waals surface area contributed by atoms with E-state index in [4.69, 9.17) is 17.3 Å². The number of nitro benzene ring substituents is 1. The standard InChI is InChI=1S/C23H25N3O5S3/c27-3-4-33-18-2-1-13(8-17(18)26(30)31)9-19-20(28)25(22(32)34-19)24-21(29)23-10-14-5-15(11-23)7-16(6-14)12-23/h1-2,8-9,14-16,27H,3-7,10-12H2,(H,24,29)/b19-9-. The van der Waals surface area contributed by atoms with Crippen LogP contribution in [0.1, 0.15) is 44.1 Å². The second-order valence-electron chi connectivity index (χ2n) is 9.71. The Bertz CT molecular complexity index is 1070. The Hall–Kier alpha value is -1.95. The molecule has 0 unspecified atom stereocenters. The summed E-state index contributed by atoms with van der Waals surface area (Å²) in [5.41, 5.74) is 2.83. The lowest BCUT2D eigenvalue weighted by molar-refractivity contribution is -0.387. The molecule has 0 atom stereocenters. The number of carbonyl (C=O) groups is 2. The molecule has 1 heterocycles. The normalized spacial score (nSPS) is 30.9. The number of hydrazine groups is 1. The number of thioether (sulfide) groups is 2. The van der Waals surface area contributed by atoms with E-state index in [1.165, 1.54) is 37.1 Å². The molecular formula is C23H25N3O5S3. The van der Waals surface area contributed by atoms with Crippen molar-refractivity contribution in [2.45, 2.75) is 43.4 Å². The maximum Gasteiger partial charge on any atom is 0.285 e. The van der Waals surface area contributed by atoms with Crippen LogP contribution in [0.15, 0.2) is 28.0 Å². The summed E-state index contributed by atoms with van der Waals surface area (Å²) in [5, 5.41) is 21.6. The molecule has 0 aromatic heterocycles. The van der Waals surface area contributed by atoms with Crippen molar-refractivity contribution in [3.8, 4) is 0 Å². The summed E-state index contributed by atoms with van der Waals surface area (Å²) in [6.45, 7) is -0.0823. The first-order valence-electron chi connectivity index (χ1n) is 11.4. The summed E-state index contributed by atoms with van der Waals surface area (Å²) in [7, 11) is 0. The van der Waals surface area contributed by atoms with Gasteiger partial charge in [-0.3, -0.25) is 25.1 Å². The average molecular weight is 520 g/mol. The molecule has 1 aromatic rings. The van der Waals surface area contributed by atoms with Crippen molar-refractivity contribution < 1.29 is 19.6 Å². The van der Waals surface area contributed by atoms with Gasteiger partial charge in [-0.05, 0) is 86.2 Å². The first kappa shape index (κ1) is 23.8. The van der Waals surface area contributed by atoms with E-state index in [9.17, 15) is 19.7 Å². The number of nitrogens with zero attached hydrogens (tertiary/aromatic N) is 2. The molecule has 2 N–H and O–H groups in total. The van der Waals surface area contributed by atoms with Gasteiger partial charge in [0, 0.05) is 11.8 Å². The van der Waals surface area contributed by atoms with E-state index < -0.39 is 16.2 Å². The number of nitro groups is 1. The van der Waals surface area contributed by atoms with Crippen LogP contribution in [0.5, 0.6) is 0 Å². The van der Waals surface area contributed by atoms with Gasteiger partial charge in [-0.2, -0.15) is 5.01 Å². The summed E-state index contributed by atoms with van der Waals surface area (Å²) in [6, 6.07) is 4.70. The Morgan fingerprint density at radius 2 is 1.94 bits per heavy atom. The predicted octanol–water partition coefficient (Wildman–Crippen LogP) is 4.13. The van der Waals surface area contributed by atoms with Gasteiger partial charge in [0.25, 0.3) is 11.6 Å². The Kier molecular flexibility index (Phi) is 6.47. The molecule has 4 aliphatic carbocycles. The first-order valence-corrected chi connectivity index (χ1v) is 13.6. The Morgan fingerprint density at radius 1 is 1.29 bits per heavy atom. The number of carbonyl (C=O) groups excluding carboxylic acids is 2. The molecule has 1 aromatic carbocycles. The molecule has 1 saturated heterocycles. The number of benzene rings is 1. The zero-order chi connectivity index (χ0) is 24.0. The number of nitrogens with one attached hydrogen (secondary N) is 1. The van der Waals surface area contributed by atoms with Crippen molar-refractivity contribution in [3.63, 3.8) is 0 Å². The highest BCUT2D eigenvalue weighted by Crippen LogP contribution is 2.60. The van der Waals surface area contributed by atoms with Gasteiger partial charge < -0.3 is 5.11 Å². The second-order valence-corrected chi connectivity index (χ2v) is 12.5. The van der Waals surface area contributed by atoms with Crippen LogP contribution in [0.4, 0.5) is 5.69 Å². The van der Waals surface area contributed by atoms with Gasteiger partial charge in [-0.25, -0.2) is 0 Å². The average Bonchev–Trinajstić information content (AvgIpc) is 3.04. The third kappa shape index (κ3) is 4.38. The quantitative estimate of drug-likeness (QED) is 0.182. The second kappa shape index (κ2) is 9.25. The Morgan fingerprint density at radius 3 is 2.53 bits per heavy atom. The Balaban J connectivity index is 1.32. The fourth-order valence-corrected chi connectivity index (χ4v) is 8.31. The highest BCUT2D eigenvalue weighted by Gasteiger charge is 2.55. The third-order valence-corrected chi connectivity index (χ3v) is 9.70. The van der Waals surface area contributed by atoms with Crippen LogP contribution in [0, 0.1) is 33.3 Å². The number of aliphatic hydroxyl groups excluding tert-OH is 1. The molecule has 11 heteroatoms. The molecule has 4 bridgehead atoms. The lowest BCUT2D eigenvalue weighted by atomic mass is 9.49. The van der Waals surface area contributed by atoms with Gasteiger partial charge in [-0.15, -0.1) is 11.8 Å². The van der Waals surface area contributed by atoms with E-state index in [0.29, 0.717) is 38.9 Å². The van der Waals surface area contributed by atoms with E-state index >= 15 is 0 Å². The fraction of sp³-hybridized carbons (Fsp3) is 0.522. The molecule has 1 aliphatic heterocycles. The van der Waals surface area contributed by atoms with Gasteiger partial charge >= 0.3 is 0 Å². The monoisotopic (exact) mass is 519 g/mol. The van der Waals surface area contributed by atoms with Crippen LogP contribution in [0.2, 0.25) is 0 Å². The first-order chi connectivity index (χ1) is 16.3. The van der Waals surface area contributed by atoms with Crippen LogP contribution >= 0.6 is 35.7 Å². The van der Waals surface area contributed by atoms with Gasteiger partial charge in [0.15, 0.2) is 4.32 Å². The van der Waals surface area contributed by atoms with E-state index in [1.54, 1.807) is 18.2 Å². The van der Waals surface area contributed by atoms with Crippen LogP contribution in [0.25, 0.3) is 6.08 Å². The van der Waals surface area contributed by atoms with Crippen molar-refractivity contribution in [1.29, 1.82) is 0 Å². The van der Waals surface area contributed by atoms with Gasteiger partial charge in [0.1, 0.15) is 0 Å². The molecule has 5 fully saturated rings. The maximum absolute atomic E-state index is 13.4. The zero-order valence-corrected chi connectivity index (χ0v) is 20.8. The molecule has 5 aliphatic rings.